The van der Waals surface area contributed by atoms with Crippen molar-refractivity contribution >= 4 is 17.5 Å². The molecule has 3 heterocycles. The smallest absolute Gasteiger partial charge is 0.245 e. The summed E-state index contributed by atoms with van der Waals surface area (Å²) in [6.45, 7) is 3.34. The molecule has 2 amide bonds. The third-order valence-corrected chi connectivity index (χ3v) is 4.87. The lowest BCUT2D eigenvalue weighted by atomic mass is 10.0. The summed E-state index contributed by atoms with van der Waals surface area (Å²) in [6, 6.07) is 5.56. The predicted molar refractivity (Wildman–Crippen MR) is 96.2 cm³/mol. The van der Waals surface area contributed by atoms with Crippen LogP contribution in [0, 0.1) is 0 Å². The van der Waals surface area contributed by atoms with Crippen molar-refractivity contribution in [3.8, 4) is 0 Å². The van der Waals surface area contributed by atoms with Gasteiger partial charge in [-0.2, -0.15) is 0 Å². The van der Waals surface area contributed by atoms with Gasteiger partial charge in [0.2, 0.25) is 11.8 Å². The summed E-state index contributed by atoms with van der Waals surface area (Å²) < 4.78 is 1.96. The summed E-state index contributed by atoms with van der Waals surface area (Å²) in [5, 5.41) is 0. The van der Waals surface area contributed by atoms with E-state index in [0.29, 0.717) is 25.9 Å². The van der Waals surface area contributed by atoms with Crippen LogP contribution < -0.4 is 0 Å². The minimum Gasteiger partial charge on any atom is -0.342 e. The van der Waals surface area contributed by atoms with Crippen molar-refractivity contribution in [1.29, 1.82) is 0 Å². The van der Waals surface area contributed by atoms with Gasteiger partial charge >= 0.3 is 0 Å². The number of unbranched alkanes of at least 4 members (excludes halogenated alkanes) is 1. The lowest BCUT2D eigenvalue weighted by Gasteiger charge is -2.39. The Kier molecular flexibility index (Phi) is 5.36. The highest BCUT2D eigenvalue weighted by Crippen LogP contribution is 2.18. The maximum Gasteiger partial charge on any atom is 0.245 e. The van der Waals surface area contributed by atoms with Crippen LogP contribution in [0.4, 0.5) is 0 Å². The first-order chi connectivity index (χ1) is 12.1. The van der Waals surface area contributed by atoms with Gasteiger partial charge in [0.1, 0.15) is 11.7 Å². The zero-order chi connectivity index (χ0) is 17.8. The second kappa shape index (κ2) is 7.68. The van der Waals surface area contributed by atoms with E-state index in [2.05, 4.69) is 11.9 Å². The Morgan fingerprint density at radius 3 is 2.92 bits per heavy atom. The molecule has 25 heavy (non-hydrogen) atoms. The topological polar surface area (TPSA) is 57.9 Å². The van der Waals surface area contributed by atoms with E-state index in [9.17, 15) is 9.59 Å². The fraction of sp³-hybridized carbons (Fsp3) is 0.526. The molecule has 0 N–H and O–H groups in total. The van der Waals surface area contributed by atoms with E-state index in [-0.39, 0.29) is 17.9 Å². The van der Waals surface area contributed by atoms with Crippen LogP contribution >= 0.6 is 0 Å². The summed E-state index contributed by atoms with van der Waals surface area (Å²) >= 11 is 0. The number of nitrogens with zero attached hydrogens (tertiary/aromatic N) is 4. The van der Waals surface area contributed by atoms with E-state index < -0.39 is 0 Å². The Bertz CT molecular complexity index is 722. The average Bonchev–Trinajstić information content (AvgIpc) is 3.04. The zero-order valence-electron chi connectivity index (χ0n) is 15.0. The third kappa shape index (κ3) is 3.83. The molecule has 1 saturated heterocycles. The number of rotatable bonds is 6. The highest BCUT2D eigenvalue weighted by atomic mass is 16.2. The van der Waals surface area contributed by atoms with E-state index in [1.165, 1.54) is 0 Å². The molecule has 3 rings (SSSR count). The molecule has 0 spiro atoms. The van der Waals surface area contributed by atoms with Crippen LogP contribution in [0.3, 0.4) is 0 Å². The third-order valence-electron chi connectivity index (χ3n) is 4.87. The molecule has 0 unspecified atom stereocenters. The first-order valence-corrected chi connectivity index (χ1v) is 9.07. The lowest BCUT2D eigenvalue weighted by Crippen LogP contribution is -2.57. The van der Waals surface area contributed by atoms with Gasteiger partial charge in [-0.15, -0.1) is 0 Å². The van der Waals surface area contributed by atoms with Gasteiger partial charge in [0, 0.05) is 39.0 Å². The van der Waals surface area contributed by atoms with Crippen LogP contribution in [0.25, 0.3) is 5.65 Å². The number of aromatic nitrogens is 2. The number of carbonyl (C=O) groups excluding carboxylic acids is 2. The summed E-state index contributed by atoms with van der Waals surface area (Å²) in [5.41, 5.74) is 1.80. The molecule has 0 aromatic carbocycles. The standard InChI is InChI=1S/C19H26N4O2/c1-3-4-7-16-19(25)21(2)12-13-23(16)18(24)10-9-15-14-22-11-6-5-8-17(22)20-15/h5-6,8,11,14,16H,3-4,7,9-10,12-13H2,1-2H3/t16-/m1/s1. The Labute approximate surface area is 148 Å². The molecule has 2 aromatic rings. The first-order valence-electron chi connectivity index (χ1n) is 9.07. The maximum absolute atomic E-state index is 12.7. The van der Waals surface area contributed by atoms with Crippen molar-refractivity contribution in [3.05, 3.63) is 36.3 Å². The van der Waals surface area contributed by atoms with Gasteiger partial charge in [0.25, 0.3) is 0 Å². The molecule has 2 aromatic heterocycles. The Morgan fingerprint density at radius 2 is 2.16 bits per heavy atom. The van der Waals surface area contributed by atoms with E-state index in [1.54, 1.807) is 9.80 Å². The molecule has 134 valence electrons. The molecular formula is C19H26N4O2. The van der Waals surface area contributed by atoms with E-state index >= 15 is 0 Å². The van der Waals surface area contributed by atoms with E-state index in [1.807, 2.05) is 42.0 Å². The number of amides is 2. The molecule has 0 bridgehead atoms. The molecule has 6 nitrogen and oxygen atoms in total. The second-order valence-electron chi connectivity index (χ2n) is 6.70. The molecule has 0 aliphatic carbocycles. The zero-order valence-corrected chi connectivity index (χ0v) is 15.0. The number of piperazine rings is 1. The van der Waals surface area contributed by atoms with Gasteiger partial charge < -0.3 is 14.2 Å². The van der Waals surface area contributed by atoms with Crippen molar-refractivity contribution in [2.45, 2.75) is 45.1 Å². The molecule has 1 atom stereocenters. The van der Waals surface area contributed by atoms with Crippen LogP contribution in [-0.4, -0.2) is 57.2 Å². The van der Waals surface area contributed by atoms with Crippen molar-refractivity contribution in [1.82, 2.24) is 19.2 Å². The quantitative estimate of drug-likeness (QED) is 0.808. The predicted octanol–water partition coefficient (Wildman–Crippen LogP) is 2.13. The normalized spacial score (nSPS) is 18.2. The van der Waals surface area contributed by atoms with Gasteiger partial charge in [0.05, 0.1) is 5.69 Å². The van der Waals surface area contributed by atoms with Crippen molar-refractivity contribution in [2.24, 2.45) is 0 Å². The van der Waals surface area contributed by atoms with Crippen molar-refractivity contribution in [3.63, 3.8) is 0 Å². The number of carbonyl (C=O) groups is 2. The molecular weight excluding hydrogens is 316 g/mol. The lowest BCUT2D eigenvalue weighted by molar-refractivity contribution is -0.150. The molecule has 1 fully saturated rings. The maximum atomic E-state index is 12.7. The summed E-state index contributed by atoms with van der Waals surface area (Å²) in [7, 11) is 1.82. The minimum absolute atomic E-state index is 0.0552. The van der Waals surface area contributed by atoms with Crippen LogP contribution in [0.2, 0.25) is 0 Å². The number of fused-ring (bicyclic) bond motifs is 1. The number of hydrogen-bond donors (Lipinski definition) is 0. The van der Waals surface area contributed by atoms with Gasteiger partial charge in [-0.25, -0.2) is 4.98 Å². The van der Waals surface area contributed by atoms with Crippen LogP contribution in [-0.2, 0) is 16.0 Å². The fourth-order valence-corrected chi connectivity index (χ4v) is 3.37. The van der Waals surface area contributed by atoms with Crippen LogP contribution in [0.5, 0.6) is 0 Å². The summed E-state index contributed by atoms with van der Waals surface area (Å²) in [4.78, 5) is 33.3. The van der Waals surface area contributed by atoms with Crippen LogP contribution in [0.15, 0.2) is 30.6 Å². The highest BCUT2D eigenvalue weighted by Gasteiger charge is 2.34. The summed E-state index contributed by atoms with van der Waals surface area (Å²) in [5.74, 6) is 0.125. The second-order valence-corrected chi connectivity index (χ2v) is 6.70. The average molecular weight is 342 g/mol. The number of likely N-dealkylation sites (N-methyl/N-ethyl adjacent to an activating group) is 1. The fourth-order valence-electron chi connectivity index (χ4n) is 3.37. The van der Waals surface area contributed by atoms with Crippen molar-refractivity contribution in [2.75, 3.05) is 20.1 Å². The minimum atomic E-state index is -0.299. The van der Waals surface area contributed by atoms with Crippen LogP contribution in [0.1, 0.15) is 38.3 Å². The summed E-state index contributed by atoms with van der Waals surface area (Å²) in [6.07, 6.45) is 7.64. The van der Waals surface area contributed by atoms with Gasteiger partial charge in [0.15, 0.2) is 0 Å². The highest BCUT2D eigenvalue weighted by molar-refractivity contribution is 5.88. The monoisotopic (exact) mass is 342 g/mol. The molecule has 1 aliphatic heterocycles. The Balaban J connectivity index is 1.64. The van der Waals surface area contributed by atoms with Gasteiger partial charge in [-0.1, -0.05) is 25.8 Å². The number of hydrogen-bond acceptors (Lipinski definition) is 3. The largest absolute Gasteiger partial charge is 0.342 e. The van der Waals surface area contributed by atoms with Gasteiger partial charge in [-0.05, 0) is 25.0 Å². The van der Waals surface area contributed by atoms with Gasteiger partial charge in [-0.3, -0.25) is 9.59 Å². The first kappa shape index (κ1) is 17.5. The molecule has 6 heteroatoms. The Hall–Kier alpha value is -2.37. The number of imidazole rings is 1. The SMILES string of the molecule is CCCC[C@@H]1C(=O)N(C)CCN1C(=O)CCc1cn2ccccc2n1. The van der Waals surface area contributed by atoms with E-state index in [0.717, 1.165) is 30.6 Å². The number of pyridine rings is 1. The molecule has 1 aliphatic rings. The Morgan fingerprint density at radius 1 is 1.32 bits per heavy atom. The van der Waals surface area contributed by atoms with Crippen molar-refractivity contribution < 1.29 is 9.59 Å². The van der Waals surface area contributed by atoms with E-state index in [4.69, 9.17) is 0 Å². The molecule has 0 radical (unpaired) electrons. The molecule has 0 saturated carbocycles. The number of aryl methyl sites for hydroxylation is 1.